The first kappa shape index (κ1) is 21.8. The first-order valence-corrected chi connectivity index (χ1v) is 11.5. The number of guanidine groups is 1. The van der Waals surface area contributed by atoms with Gasteiger partial charge in [-0.3, -0.25) is 9.89 Å². The summed E-state index contributed by atoms with van der Waals surface area (Å²) in [5.41, 5.74) is 3.41. The molecule has 2 aromatic heterocycles. The molecule has 0 aromatic carbocycles. The van der Waals surface area contributed by atoms with E-state index >= 15 is 0 Å². The largest absolute Gasteiger partial charge is 0.361 e. The molecule has 0 amide bonds. The maximum absolute atomic E-state index is 5.45. The third-order valence-corrected chi connectivity index (χ3v) is 6.40. The van der Waals surface area contributed by atoms with Crippen LogP contribution in [0.5, 0.6) is 0 Å². The quantitative estimate of drug-likeness (QED) is 0.506. The molecule has 0 radical (unpaired) electrons. The van der Waals surface area contributed by atoms with Crippen LogP contribution in [0.15, 0.2) is 14.9 Å². The summed E-state index contributed by atoms with van der Waals surface area (Å²) in [4.78, 5) is 11.5. The van der Waals surface area contributed by atoms with Crippen LogP contribution in [0.25, 0.3) is 0 Å². The van der Waals surface area contributed by atoms with Gasteiger partial charge in [-0.1, -0.05) is 19.0 Å². The van der Waals surface area contributed by atoms with Gasteiger partial charge in [0.05, 0.1) is 16.4 Å². The van der Waals surface area contributed by atoms with Crippen molar-refractivity contribution in [2.24, 2.45) is 10.9 Å². The number of nitrogens with zero attached hydrogens (tertiary/aromatic N) is 4. The topological polar surface area (TPSA) is 78.6 Å². The third-order valence-electron chi connectivity index (χ3n) is 5.58. The highest BCUT2D eigenvalue weighted by molar-refractivity contribution is 7.09. The Bertz CT molecular complexity index is 769. The van der Waals surface area contributed by atoms with Gasteiger partial charge in [-0.2, -0.15) is 0 Å². The molecule has 0 spiro atoms. The summed E-state index contributed by atoms with van der Waals surface area (Å²) in [6, 6.07) is 0. The lowest BCUT2D eigenvalue weighted by Crippen LogP contribution is -2.42. The van der Waals surface area contributed by atoms with Crippen LogP contribution in [0.2, 0.25) is 0 Å². The number of aromatic nitrogens is 2. The molecular weight excluding hydrogens is 384 g/mol. The van der Waals surface area contributed by atoms with Gasteiger partial charge in [0, 0.05) is 44.0 Å². The highest BCUT2D eigenvalue weighted by Crippen LogP contribution is 2.19. The van der Waals surface area contributed by atoms with Gasteiger partial charge >= 0.3 is 0 Å². The Balaban J connectivity index is 1.41. The van der Waals surface area contributed by atoms with E-state index in [1.807, 2.05) is 7.05 Å². The average Bonchev–Trinajstić information content (AvgIpc) is 3.34. The van der Waals surface area contributed by atoms with E-state index in [1.54, 1.807) is 11.3 Å². The molecule has 1 aliphatic rings. The monoisotopic (exact) mass is 418 g/mol. The number of nitrogens with one attached hydrogen (secondary N) is 2. The summed E-state index contributed by atoms with van der Waals surface area (Å²) in [7, 11) is 1.82. The van der Waals surface area contributed by atoms with Crippen molar-refractivity contribution >= 4 is 17.3 Å². The number of hydrogen-bond acceptors (Lipinski definition) is 6. The van der Waals surface area contributed by atoms with Crippen molar-refractivity contribution in [3.05, 3.63) is 33.1 Å². The van der Waals surface area contributed by atoms with Crippen molar-refractivity contribution < 1.29 is 4.52 Å². The predicted octanol–water partition coefficient (Wildman–Crippen LogP) is 3.14. The van der Waals surface area contributed by atoms with Gasteiger partial charge in [-0.05, 0) is 45.2 Å². The summed E-state index contributed by atoms with van der Waals surface area (Å²) in [6.07, 6.45) is 4.15. The molecule has 2 N–H and O–H groups in total. The smallest absolute Gasteiger partial charge is 0.191 e. The molecule has 0 saturated carbocycles. The van der Waals surface area contributed by atoms with Crippen LogP contribution >= 0.6 is 11.3 Å². The van der Waals surface area contributed by atoms with Crippen LogP contribution in [0.3, 0.4) is 0 Å². The molecule has 0 atom stereocenters. The maximum Gasteiger partial charge on any atom is 0.191 e. The van der Waals surface area contributed by atoms with E-state index < -0.39 is 0 Å². The van der Waals surface area contributed by atoms with Gasteiger partial charge in [-0.25, -0.2) is 4.98 Å². The van der Waals surface area contributed by atoms with Crippen LogP contribution in [-0.4, -0.2) is 47.7 Å². The number of thiazole rings is 1. The highest BCUT2D eigenvalue weighted by Gasteiger charge is 2.20. The summed E-state index contributed by atoms with van der Waals surface area (Å²) in [5, 5.41) is 14.4. The second kappa shape index (κ2) is 10.7. The molecule has 3 heterocycles. The Kier molecular flexibility index (Phi) is 8.06. The molecule has 3 rings (SSSR count). The standard InChI is InChI=1S/C21H34N6OS/c1-5-19-18(20(6-2)28-26-19)12-24-21(22-4)23-11-16-7-9-27(10-8-16)13-17-14-29-15(3)25-17/h14,16H,5-13H2,1-4H3,(H2,22,23,24). The van der Waals surface area contributed by atoms with Crippen molar-refractivity contribution in [3.8, 4) is 0 Å². The molecule has 0 unspecified atom stereocenters. The van der Waals surface area contributed by atoms with Crippen LogP contribution in [0.1, 0.15) is 54.4 Å². The van der Waals surface area contributed by atoms with Crippen molar-refractivity contribution in [1.82, 2.24) is 25.7 Å². The maximum atomic E-state index is 5.45. The molecule has 160 valence electrons. The lowest BCUT2D eigenvalue weighted by Gasteiger charge is -2.31. The number of aliphatic imine (C=N–C) groups is 1. The van der Waals surface area contributed by atoms with Crippen molar-refractivity contribution in [2.45, 2.75) is 59.5 Å². The zero-order valence-electron chi connectivity index (χ0n) is 18.1. The first-order chi connectivity index (χ1) is 14.1. The minimum Gasteiger partial charge on any atom is -0.361 e. The fraction of sp³-hybridized carbons (Fsp3) is 0.667. The molecular formula is C21H34N6OS. The van der Waals surface area contributed by atoms with Crippen LogP contribution in [0, 0.1) is 12.8 Å². The minimum absolute atomic E-state index is 0.676. The Morgan fingerprint density at radius 1 is 1.28 bits per heavy atom. The van der Waals surface area contributed by atoms with E-state index in [2.05, 4.69) is 56.8 Å². The second-order valence-electron chi connectivity index (χ2n) is 7.62. The fourth-order valence-electron chi connectivity index (χ4n) is 3.83. The number of likely N-dealkylation sites (tertiary alicyclic amines) is 1. The lowest BCUT2D eigenvalue weighted by atomic mass is 9.97. The van der Waals surface area contributed by atoms with Crippen molar-refractivity contribution in [2.75, 3.05) is 26.7 Å². The summed E-state index contributed by atoms with van der Waals surface area (Å²) >= 11 is 1.74. The van der Waals surface area contributed by atoms with Gasteiger partial charge < -0.3 is 15.2 Å². The van der Waals surface area contributed by atoms with Gasteiger partial charge in [0.15, 0.2) is 5.96 Å². The number of piperidine rings is 1. The Hall–Kier alpha value is -1.93. The van der Waals surface area contributed by atoms with Gasteiger partial charge in [0.25, 0.3) is 0 Å². The highest BCUT2D eigenvalue weighted by atomic mass is 32.1. The van der Waals surface area contributed by atoms with Crippen molar-refractivity contribution in [3.63, 3.8) is 0 Å². The predicted molar refractivity (Wildman–Crippen MR) is 118 cm³/mol. The Morgan fingerprint density at radius 2 is 2.07 bits per heavy atom. The van der Waals surface area contributed by atoms with Crippen LogP contribution in [0.4, 0.5) is 0 Å². The van der Waals surface area contributed by atoms with Crippen LogP contribution < -0.4 is 10.6 Å². The third kappa shape index (κ3) is 6.02. The molecule has 2 aromatic rings. The van der Waals surface area contributed by atoms with Gasteiger partial charge in [0.1, 0.15) is 5.76 Å². The van der Waals surface area contributed by atoms with Gasteiger partial charge in [0.2, 0.25) is 0 Å². The Morgan fingerprint density at radius 3 is 2.69 bits per heavy atom. The van der Waals surface area contributed by atoms with E-state index in [0.717, 1.165) is 61.4 Å². The van der Waals surface area contributed by atoms with Crippen molar-refractivity contribution in [1.29, 1.82) is 0 Å². The van der Waals surface area contributed by atoms with E-state index in [1.165, 1.54) is 24.1 Å². The normalized spacial score (nSPS) is 16.3. The van der Waals surface area contributed by atoms with E-state index in [9.17, 15) is 0 Å². The number of rotatable bonds is 8. The van der Waals surface area contributed by atoms with Crippen LogP contribution in [-0.2, 0) is 25.9 Å². The van der Waals surface area contributed by atoms with E-state index in [4.69, 9.17) is 4.52 Å². The molecule has 8 heteroatoms. The van der Waals surface area contributed by atoms with E-state index in [-0.39, 0.29) is 0 Å². The molecule has 7 nitrogen and oxygen atoms in total. The van der Waals surface area contributed by atoms with E-state index in [0.29, 0.717) is 12.5 Å². The molecule has 0 bridgehead atoms. The fourth-order valence-corrected chi connectivity index (χ4v) is 4.43. The molecule has 1 fully saturated rings. The molecule has 1 saturated heterocycles. The Labute approximate surface area is 178 Å². The molecule has 0 aliphatic carbocycles. The molecule has 1 aliphatic heterocycles. The van der Waals surface area contributed by atoms with Gasteiger partial charge in [-0.15, -0.1) is 11.3 Å². The zero-order valence-corrected chi connectivity index (χ0v) is 18.9. The summed E-state index contributed by atoms with van der Waals surface area (Å²) in [6.45, 7) is 11.2. The number of aryl methyl sites for hydroxylation is 3. The SMILES string of the molecule is CCc1noc(CC)c1CNC(=NC)NCC1CCN(Cc2csc(C)n2)CC1. The number of hydrogen-bond donors (Lipinski definition) is 2. The summed E-state index contributed by atoms with van der Waals surface area (Å²) < 4.78 is 5.45. The first-order valence-electron chi connectivity index (χ1n) is 10.7. The lowest BCUT2D eigenvalue weighted by molar-refractivity contribution is 0.176. The second-order valence-corrected chi connectivity index (χ2v) is 8.68. The summed E-state index contributed by atoms with van der Waals surface area (Å²) in [5.74, 6) is 2.48. The zero-order chi connectivity index (χ0) is 20.6. The molecule has 29 heavy (non-hydrogen) atoms. The minimum atomic E-state index is 0.676. The average molecular weight is 419 g/mol.